The van der Waals surface area contributed by atoms with E-state index in [9.17, 15) is 19.8 Å². The molecule has 0 bridgehead atoms. The number of rotatable bonds is 4. The number of phenolic OH excluding ortho intramolecular Hbond substituents is 1. The van der Waals surface area contributed by atoms with Crippen LogP contribution in [0.1, 0.15) is 28.8 Å². The number of hydrogen-bond acceptors (Lipinski definition) is 4. The van der Waals surface area contributed by atoms with Gasteiger partial charge in [0.05, 0.1) is 12.1 Å². The van der Waals surface area contributed by atoms with E-state index in [1.165, 1.54) is 24.3 Å². The van der Waals surface area contributed by atoms with E-state index in [0.717, 1.165) is 5.56 Å². The second-order valence-electron chi connectivity index (χ2n) is 6.93. The highest BCUT2D eigenvalue weighted by molar-refractivity contribution is 5.94. The molecule has 7 heteroatoms. The van der Waals surface area contributed by atoms with Crippen molar-refractivity contribution in [3.8, 4) is 5.75 Å². The first-order valence-electron chi connectivity index (χ1n) is 9.37. The molecular formula is C21H25N3O4. The maximum atomic E-state index is 12.6. The lowest BCUT2D eigenvalue weighted by Crippen LogP contribution is -2.51. The second kappa shape index (κ2) is 9.23. The SMILES string of the molecule is O=C(NC1CN(C(=O)NCc2ccccc2)CCCC1O)c1ccc(O)cc1. The lowest BCUT2D eigenvalue weighted by atomic mass is 10.1. The highest BCUT2D eigenvalue weighted by Crippen LogP contribution is 2.14. The molecule has 1 aliphatic heterocycles. The first-order chi connectivity index (χ1) is 13.5. The zero-order valence-electron chi connectivity index (χ0n) is 15.5. The fourth-order valence-electron chi connectivity index (χ4n) is 3.22. The summed E-state index contributed by atoms with van der Waals surface area (Å²) < 4.78 is 0. The molecule has 7 nitrogen and oxygen atoms in total. The summed E-state index contributed by atoms with van der Waals surface area (Å²) >= 11 is 0. The molecule has 1 heterocycles. The molecule has 1 saturated heterocycles. The molecule has 2 atom stereocenters. The fraction of sp³-hybridized carbons (Fsp3) is 0.333. The minimum Gasteiger partial charge on any atom is -0.508 e. The molecule has 4 N–H and O–H groups in total. The average molecular weight is 383 g/mol. The largest absolute Gasteiger partial charge is 0.508 e. The van der Waals surface area contributed by atoms with E-state index in [2.05, 4.69) is 10.6 Å². The molecule has 0 aromatic heterocycles. The number of hydrogen-bond donors (Lipinski definition) is 4. The number of carbonyl (C=O) groups is 2. The Morgan fingerprint density at radius 2 is 1.79 bits per heavy atom. The van der Waals surface area contributed by atoms with Gasteiger partial charge in [0.1, 0.15) is 5.75 Å². The Bertz CT molecular complexity index is 795. The number of nitrogens with zero attached hydrogens (tertiary/aromatic N) is 1. The van der Waals surface area contributed by atoms with Crippen molar-refractivity contribution in [2.45, 2.75) is 31.5 Å². The van der Waals surface area contributed by atoms with Gasteiger partial charge in [-0.05, 0) is 42.7 Å². The number of aliphatic hydroxyl groups excluding tert-OH is 1. The molecule has 3 amide bonds. The Labute approximate surface area is 164 Å². The van der Waals surface area contributed by atoms with Crippen molar-refractivity contribution in [3.63, 3.8) is 0 Å². The van der Waals surface area contributed by atoms with Gasteiger partial charge in [-0.3, -0.25) is 4.79 Å². The van der Waals surface area contributed by atoms with E-state index in [1.807, 2.05) is 30.3 Å². The number of benzene rings is 2. The lowest BCUT2D eigenvalue weighted by molar-refractivity contribution is 0.0809. The van der Waals surface area contributed by atoms with Gasteiger partial charge in [-0.25, -0.2) is 4.79 Å². The molecule has 1 fully saturated rings. The van der Waals surface area contributed by atoms with Crippen molar-refractivity contribution in [1.82, 2.24) is 15.5 Å². The molecule has 3 rings (SSSR count). The average Bonchev–Trinajstić information content (AvgIpc) is 2.89. The summed E-state index contributed by atoms with van der Waals surface area (Å²) in [7, 11) is 0. The molecular weight excluding hydrogens is 358 g/mol. The summed E-state index contributed by atoms with van der Waals surface area (Å²) in [5.41, 5.74) is 1.39. The van der Waals surface area contributed by atoms with Crippen LogP contribution >= 0.6 is 0 Å². The van der Waals surface area contributed by atoms with Crippen LogP contribution in [0.15, 0.2) is 54.6 Å². The van der Waals surface area contributed by atoms with Crippen LogP contribution in [0.3, 0.4) is 0 Å². The van der Waals surface area contributed by atoms with Crippen LogP contribution in [0.25, 0.3) is 0 Å². The van der Waals surface area contributed by atoms with Gasteiger partial charge >= 0.3 is 6.03 Å². The van der Waals surface area contributed by atoms with Crippen LogP contribution < -0.4 is 10.6 Å². The van der Waals surface area contributed by atoms with Gasteiger partial charge in [0.25, 0.3) is 5.91 Å². The van der Waals surface area contributed by atoms with Crippen molar-refractivity contribution in [2.75, 3.05) is 13.1 Å². The minimum atomic E-state index is -0.729. The van der Waals surface area contributed by atoms with Gasteiger partial charge in [-0.1, -0.05) is 30.3 Å². The Kier molecular flexibility index (Phi) is 6.49. The Balaban J connectivity index is 1.60. The van der Waals surface area contributed by atoms with E-state index in [0.29, 0.717) is 31.5 Å². The number of amides is 3. The molecule has 148 valence electrons. The van der Waals surface area contributed by atoms with Gasteiger partial charge in [0, 0.05) is 25.2 Å². The summed E-state index contributed by atoms with van der Waals surface area (Å²) in [6.07, 6.45) is 0.432. The third-order valence-corrected chi connectivity index (χ3v) is 4.83. The van der Waals surface area contributed by atoms with Crippen LogP contribution in [0.5, 0.6) is 5.75 Å². The second-order valence-corrected chi connectivity index (χ2v) is 6.93. The standard InChI is InChI=1S/C21H25N3O4/c25-17-10-8-16(9-11-17)20(27)23-18-14-24(12-4-7-19(18)26)21(28)22-13-15-5-2-1-3-6-15/h1-3,5-6,8-11,18-19,25-26H,4,7,12-14H2,(H,22,28)(H,23,27). The summed E-state index contributed by atoms with van der Waals surface area (Å²) in [5.74, 6) is -0.275. The molecule has 28 heavy (non-hydrogen) atoms. The molecule has 2 aromatic rings. The van der Waals surface area contributed by atoms with E-state index in [4.69, 9.17) is 0 Å². The number of phenols is 1. The van der Waals surface area contributed by atoms with Crippen molar-refractivity contribution in [1.29, 1.82) is 0 Å². The van der Waals surface area contributed by atoms with E-state index >= 15 is 0 Å². The summed E-state index contributed by atoms with van der Waals surface area (Å²) in [4.78, 5) is 26.6. The number of likely N-dealkylation sites (tertiary alicyclic amines) is 1. The molecule has 0 saturated carbocycles. The minimum absolute atomic E-state index is 0.0762. The highest BCUT2D eigenvalue weighted by Gasteiger charge is 2.29. The van der Waals surface area contributed by atoms with Gasteiger partial charge in [0.15, 0.2) is 0 Å². The first kappa shape index (κ1) is 19.7. The predicted octanol–water partition coefficient (Wildman–Crippen LogP) is 1.86. The highest BCUT2D eigenvalue weighted by atomic mass is 16.3. The smallest absolute Gasteiger partial charge is 0.317 e. The molecule has 0 spiro atoms. The Hall–Kier alpha value is -3.06. The van der Waals surface area contributed by atoms with Crippen molar-refractivity contribution in [3.05, 3.63) is 65.7 Å². The van der Waals surface area contributed by atoms with Gasteiger partial charge in [-0.15, -0.1) is 0 Å². The summed E-state index contributed by atoms with van der Waals surface area (Å²) in [6.45, 7) is 1.16. The van der Waals surface area contributed by atoms with Crippen LogP contribution in [0, 0.1) is 0 Å². The van der Waals surface area contributed by atoms with Gasteiger partial charge < -0.3 is 25.7 Å². The monoisotopic (exact) mass is 383 g/mol. The third-order valence-electron chi connectivity index (χ3n) is 4.83. The van der Waals surface area contributed by atoms with E-state index < -0.39 is 12.1 Å². The first-order valence-corrected chi connectivity index (χ1v) is 9.37. The molecule has 0 aliphatic carbocycles. The predicted molar refractivity (Wildman–Crippen MR) is 105 cm³/mol. The number of nitrogens with one attached hydrogen (secondary N) is 2. The lowest BCUT2D eigenvalue weighted by Gasteiger charge is -2.27. The van der Waals surface area contributed by atoms with Gasteiger partial charge in [-0.2, -0.15) is 0 Å². The molecule has 2 unspecified atom stereocenters. The number of aromatic hydroxyl groups is 1. The molecule has 2 aromatic carbocycles. The topological polar surface area (TPSA) is 102 Å². The third kappa shape index (κ3) is 5.23. The van der Waals surface area contributed by atoms with Crippen LogP contribution in [-0.2, 0) is 6.54 Å². The maximum absolute atomic E-state index is 12.6. The Morgan fingerprint density at radius 1 is 1.07 bits per heavy atom. The van der Waals surface area contributed by atoms with E-state index in [-0.39, 0.29) is 24.2 Å². The fourth-order valence-corrected chi connectivity index (χ4v) is 3.22. The number of urea groups is 1. The van der Waals surface area contributed by atoms with Crippen molar-refractivity contribution >= 4 is 11.9 Å². The number of carbonyl (C=O) groups excluding carboxylic acids is 2. The Morgan fingerprint density at radius 3 is 2.50 bits per heavy atom. The normalized spacial score (nSPS) is 19.5. The van der Waals surface area contributed by atoms with Crippen molar-refractivity contribution in [2.24, 2.45) is 0 Å². The van der Waals surface area contributed by atoms with Crippen LogP contribution in [0.4, 0.5) is 4.79 Å². The zero-order valence-corrected chi connectivity index (χ0v) is 15.5. The van der Waals surface area contributed by atoms with Crippen LogP contribution in [-0.4, -0.2) is 52.3 Å². The summed E-state index contributed by atoms with van der Waals surface area (Å²) in [6, 6.07) is 14.7. The molecule has 0 radical (unpaired) electrons. The van der Waals surface area contributed by atoms with Crippen molar-refractivity contribution < 1.29 is 19.8 Å². The maximum Gasteiger partial charge on any atom is 0.317 e. The quantitative estimate of drug-likeness (QED) is 0.647. The van der Waals surface area contributed by atoms with E-state index in [1.54, 1.807) is 4.90 Å². The van der Waals surface area contributed by atoms with Crippen LogP contribution in [0.2, 0.25) is 0 Å². The van der Waals surface area contributed by atoms with Gasteiger partial charge in [0.2, 0.25) is 0 Å². The zero-order chi connectivity index (χ0) is 19.9. The summed E-state index contributed by atoms with van der Waals surface area (Å²) in [5, 5.41) is 25.4. The molecule has 1 aliphatic rings. The number of aliphatic hydroxyl groups is 1.